The molecule has 0 aliphatic heterocycles. The molecule has 7 nitrogen and oxygen atoms in total. The first-order valence-corrected chi connectivity index (χ1v) is 11.8. The quantitative estimate of drug-likeness (QED) is 0.487. The number of benzene rings is 2. The van der Waals surface area contributed by atoms with E-state index in [1.807, 2.05) is 38.1 Å². The Morgan fingerprint density at radius 1 is 1.06 bits per heavy atom. The molecule has 0 saturated carbocycles. The van der Waals surface area contributed by atoms with Crippen LogP contribution in [0.5, 0.6) is 0 Å². The minimum absolute atomic E-state index is 0.0232. The molecule has 182 valence electrons. The number of aliphatic carboxylic acids is 1. The maximum Gasteiger partial charge on any atom is 0.407 e. The average molecular weight is 475 g/mol. The highest BCUT2D eigenvalue weighted by molar-refractivity contribution is 5.96. The molecule has 3 N–H and O–H groups in total. The van der Waals surface area contributed by atoms with Crippen molar-refractivity contribution in [1.29, 1.82) is 0 Å². The van der Waals surface area contributed by atoms with Crippen molar-refractivity contribution in [1.82, 2.24) is 10.6 Å². The summed E-state index contributed by atoms with van der Waals surface area (Å²) in [4.78, 5) is 36.6. The predicted molar refractivity (Wildman–Crippen MR) is 133 cm³/mol. The molecule has 0 fully saturated rings. The summed E-state index contributed by atoms with van der Waals surface area (Å²) in [5, 5.41) is 14.8. The topological polar surface area (TPSA) is 105 Å². The van der Waals surface area contributed by atoms with Gasteiger partial charge in [-0.3, -0.25) is 4.79 Å². The van der Waals surface area contributed by atoms with Crippen molar-refractivity contribution >= 4 is 18.0 Å². The van der Waals surface area contributed by atoms with Gasteiger partial charge in [-0.1, -0.05) is 66.3 Å². The highest BCUT2D eigenvalue weighted by Crippen LogP contribution is 2.44. The fourth-order valence-electron chi connectivity index (χ4n) is 4.64. The van der Waals surface area contributed by atoms with Crippen molar-refractivity contribution in [3.63, 3.8) is 0 Å². The van der Waals surface area contributed by atoms with Crippen molar-refractivity contribution in [3.8, 4) is 11.1 Å². The first-order chi connectivity index (χ1) is 16.8. The average Bonchev–Trinajstić information content (AvgIpc) is 3.43. The summed E-state index contributed by atoms with van der Waals surface area (Å²) in [5.41, 5.74) is 6.07. The second-order valence-corrected chi connectivity index (χ2v) is 9.22. The van der Waals surface area contributed by atoms with E-state index < -0.39 is 24.0 Å². The number of rotatable bonds is 8. The first kappa shape index (κ1) is 24.3. The number of fused-ring (bicyclic) bond motifs is 3. The molecular formula is C28H30N2O5. The van der Waals surface area contributed by atoms with Crippen molar-refractivity contribution in [2.75, 3.05) is 6.61 Å². The van der Waals surface area contributed by atoms with Crippen LogP contribution in [0.4, 0.5) is 4.79 Å². The molecule has 2 atom stereocenters. The van der Waals surface area contributed by atoms with Gasteiger partial charge in [0.05, 0.1) is 0 Å². The van der Waals surface area contributed by atoms with Gasteiger partial charge in [0.15, 0.2) is 0 Å². The number of carbonyl (C=O) groups is 3. The lowest BCUT2D eigenvalue weighted by Gasteiger charge is -2.17. The van der Waals surface area contributed by atoms with E-state index in [0.717, 1.165) is 27.8 Å². The summed E-state index contributed by atoms with van der Waals surface area (Å²) >= 11 is 0. The smallest absolute Gasteiger partial charge is 0.407 e. The van der Waals surface area contributed by atoms with Crippen LogP contribution in [0.3, 0.4) is 0 Å². The van der Waals surface area contributed by atoms with Gasteiger partial charge < -0.3 is 20.5 Å². The first-order valence-electron chi connectivity index (χ1n) is 11.8. The number of amides is 2. The summed E-state index contributed by atoms with van der Waals surface area (Å²) in [7, 11) is 0. The molecule has 0 aromatic heterocycles. The van der Waals surface area contributed by atoms with Crippen molar-refractivity contribution in [2.45, 2.75) is 51.1 Å². The third-order valence-electron chi connectivity index (χ3n) is 6.44. The van der Waals surface area contributed by atoms with Crippen LogP contribution in [0.1, 0.15) is 50.2 Å². The van der Waals surface area contributed by atoms with Crippen LogP contribution in [-0.2, 0) is 14.3 Å². The molecule has 2 amide bonds. The summed E-state index contributed by atoms with van der Waals surface area (Å²) < 4.78 is 5.59. The third-order valence-corrected chi connectivity index (χ3v) is 6.44. The maximum absolute atomic E-state index is 12.6. The molecule has 0 heterocycles. The van der Waals surface area contributed by atoms with Crippen molar-refractivity contribution < 1.29 is 24.2 Å². The largest absolute Gasteiger partial charge is 0.480 e. The zero-order chi connectivity index (χ0) is 24.9. The van der Waals surface area contributed by atoms with Crippen LogP contribution < -0.4 is 10.6 Å². The predicted octanol–water partition coefficient (Wildman–Crippen LogP) is 4.54. The van der Waals surface area contributed by atoms with Crippen LogP contribution in [0.15, 0.2) is 71.8 Å². The van der Waals surface area contributed by atoms with Crippen LogP contribution >= 0.6 is 0 Å². The second kappa shape index (κ2) is 10.6. The van der Waals surface area contributed by atoms with E-state index in [0.29, 0.717) is 18.4 Å². The van der Waals surface area contributed by atoms with Crippen LogP contribution in [0.25, 0.3) is 11.1 Å². The van der Waals surface area contributed by atoms with E-state index in [2.05, 4.69) is 34.9 Å². The van der Waals surface area contributed by atoms with Gasteiger partial charge in [-0.25, -0.2) is 9.59 Å². The van der Waals surface area contributed by atoms with E-state index >= 15 is 0 Å². The Kier molecular flexibility index (Phi) is 7.34. The molecule has 0 radical (unpaired) electrons. The highest BCUT2D eigenvalue weighted by atomic mass is 16.5. The lowest BCUT2D eigenvalue weighted by molar-refractivity contribution is -0.141. The number of hydrogen-bond acceptors (Lipinski definition) is 4. The zero-order valence-corrected chi connectivity index (χ0v) is 19.9. The Bertz CT molecular complexity index is 1150. The number of carboxylic acid groups (broad SMARTS) is 1. The highest BCUT2D eigenvalue weighted by Gasteiger charge is 2.30. The minimum atomic E-state index is -1.08. The van der Waals surface area contributed by atoms with Crippen LogP contribution in [-0.4, -0.2) is 41.8 Å². The molecule has 2 aromatic rings. The Morgan fingerprint density at radius 2 is 1.69 bits per heavy atom. The summed E-state index contributed by atoms with van der Waals surface area (Å²) in [6.45, 7) is 3.97. The molecule has 35 heavy (non-hydrogen) atoms. The van der Waals surface area contributed by atoms with Gasteiger partial charge in [0.1, 0.15) is 12.6 Å². The molecule has 4 rings (SSSR count). The van der Waals surface area contributed by atoms with Gasteiger partial charge in [0.2, 0.25) is 5.91 Å². The van der Waals surface area contributed by atoms with Crippen molar-refractivity contribution in [2.24, 2.45) is 0 Å². The molecule has 2 aliphatic carbocycles. The summed E-state index contributed by atoms with van der Waals surface area (Å²) in [6.07, 6.45) is 4.02. The molecule has 2 aromatic carbocycles. The van der Waals surface area contributed by atoms with E-state index in [9.17, 15) is 19.5 Å². The van der Waals surface area contributed by atoms with Crippen molar-refractivity contribution in [3.05, 3.63) is 83.0 Å². The fourth-order valence-corrected chi connectivity index (χ4v) is 4.64. The fraction of sp³-hybridized carbons (Fsp3) is 0.321. The van der Waals surface area contributed by atoms with Gasteiger partial charge in [-0.15, -0.1) is 0 Å². The van der Waals surface area contributed by atoms with E-state index in [-0.39, 0.29) is 25.0 Å². The minimum Gasteiger partial charge on any atom is -0.480 e. The monoisotopic (exact) mass is 474 g/mol. The van der Waals surface area contributed by atoms with E-state index in [1.165, 1.54) is 0 Å². The molecular weight excluding hydrogens is 444 g/mol. The third kappa shape index (κ3) is 5.62. The molecule has 0 spiro atoms. The zero-order valence-electron chi connectivity index (χ0n) is 19.9. The number of hydrogen-bond donors (Lipinski definition) is 3. The number of nitrogens with one attached hydrogen (secondary N) is 2. The molecule has 0 bridgehead atoms. The molecule has 7 heteroatoms. The molecule has 2 aliphatic rings. The Labute approximate surface area is 204 Å². The lowest BCUT2D eigenvalue weighted by Crippen LogP contribution is -2.41. The normalized spacial score (nSPS) is 17.0. The maximum atomic E-state index is 12.6. The van der Waals surface area contributed by atoms with Gasteiger partial charge >= 0.3 is 12.1 Å². The Balaban J connectivity index is 1.29. The second-order valence-electron chi connectivity index (χ2n) is 9.22. The van der Waals surface area contributed by atoms with Gasteiger partial charge in [-0.05, 0) is 55.4 Å². The Morgan fingerprint density at radius 3 is 2.29 bits per heavy atom. The number of allylic oxidation sites excluding steroid dienone is 1. The summed E-state index contributed by atoms with van der Waals surface area (Å²) in [6, 6.07) is 15.0. The molecule has 0 saturated heterocycles. The summed E-state index contributed by atoms with van der Waals surface area (Å²) in [5.74, 6) is -1.52. The number of ether oxygens (including phenoxy) is 1. The van der Waals surface area contributed by atoms with E-state index in [4.69, 9.17) is 4.74 Å². The van der Waals surface area contributed by atoms with Crippen LogP contribution in [0, 0.1) is 0 Å². The SMILES string of the molecule is CC(C)=CCC(NC(=O)C1=CCC(NC(=O)OCC2c3ccccc3-c3ccccc32)C1)C(=O)O. The number of alkyl carbamates (subject to hydrolysis) is 1. The standard InChI is InChI=1S/C28H30N2O5/c1-17(2)11-14-25(27(32)33)30-26(31)18-12-13-19(15-18)29-28(34)35-16-24-22-9-5-3-7-20(22)21-8-4-6-10-23(21)24/h3-12,19,24-25H,13-16H2,1-2H3,(H,29,34)(H,30,31)(H,32,33). The van der Waals surface area contributed by atoms with Gasteiger partial charge in [0.25, 0.3) is 0 Å². The number of carbonyl (C=O) groups excluding carboxylic acids is 2. The van der Waals surface area contributed by atoms with Crippen LogP contribution in [0.2, 0.25) is 0 Å². The van der Waals surface area contributed by atoms with Gasteiger partial charge in [0, 0.05) is 17.5 Å². The molecule has 2 unspecified atom stereocenters. The van der Waals surface area contributed by atoms with Gasteiger partial charge in [-0.2, -0.15) is 0 Å². The lowest BCUT2D eigenvalue weighted by atomic mass is 9.98. The number of carboxylic acids is 1. The van der Waals surface area contributed by atoms with E-state index in [1.54, 1.807) is 12.2 Å². The Hall–Kier alpha value is -3.87.